The second-order valence-electron chi connectivity index (χ2n) is 7.29. The first kappa shape index (κ1) is 23.7. The fourth-order valence-corrected chi connectivity index (χ4v) is 4.98. The Bertz CT molecular complexity index is 1390. The lowest BCUT2D eigenvalue weighted by atomic mass is 10.1. The number of amides is 1. The average molecular weight is 498 g/mol. The summed E-state index contributed by atoms with van der Waals surface area (Å²) in [4.78, 5) is 16.5. The molecule has 4 rings (SSSR count). The minimum absolute atomic E-state index is 0.0365. The van der Waals surface area contributed by atoms with Crippen molar-refractivity contribution in [3.8, 4) is 5.75 Å². The number of ether oxygens (including phenoxy) is 1. The Morgan fingerprint density at radius 1 is 1.06 bits per heavy atom. The molecular weight excluding hydrogens is 474 g/mol. The quantitative estimate of drug-likeness (QED) is 0.318. The van der Waals surface area contributed by atoms with Crippen molar-refractivity contribution in [3.63, 3.8) is 0 Å². The van der Waals surface area contributed by atoms with Crippen LogP contribution in [0.4, 0.5) is 5.69 Å². The van der Waals surface area contributed by atoms with Crippen LogP contribution in [0.3, 0.4) is 0 Å². The van der Waals surface area contributed by atoms with Crippen LogP contribution >= 0.6 is 11.8 Å². The minimum atomic E-state index is -3.87. The van der Waals surface area contributed by atoms with Crippen molar-refractivity contribution in [1.29, 1.82) is 0 Å². The van der Waals surface area contributed by atoms with E-state index in [0.29, 0.717) is 34.3 Å². The number of nitrogens with zero attached hydrogens (tertiary/aromatic N) is 1. The number of thioether (sulfide) groups is 1. The molecule has 0 unspecified atom stereocenters. The van der Waals surface area contributed by atoms with E-state index in [1.807, 2.05) is 30.3 Å². The van der Waals surface area contributed by atoms with E-state index in [-0.39, 0.29) is 16.6 Å². The van der Waals surface area contributed by atoms with Gasteiger partial charge >= 0.3 is 0 Å². The average Bonchev–Trinajstić information content (AvgIpc) is 3.26. The monoisotopic (exact) mass is 497 g/mol. The van der Waals surface area contributed by atoms with E-state index in [1.54, 1.807) is 30.3 Å². The molecule has 0 atom stereocenters. The maximum atomic E-state index is 12.9. The fourth-order valence-electron chi connectivity index (χ4n) is 3.22. The summed E-state index contributed by atoms with van der Waals surface area (Å²) in [7, 11) is -2.40. The van der Waals surface area contributed by atoms with Crippen molar-refractivity contribution in [2.45, 2.75) is 16.5 Å². The number of benzene rings is 3. The number of oxazole rings is 1. The standard InChI is InChI=1S/C24H23N3O5S2/c1-31-21-10-6-5-9-19(21)27-34(29,30)18-11-12-22-20(15-18)26-24(32-22)33-16-23(28)25-14-13-17-7-3-2-4-8-17/h2-12,15,27H,13-14,16H2,1H3,(H,25,28). The lowest BCUT2D eigenvalue weighted by molar-refractivity contribution is -0.118. The van der Waals surface area contributed by atoms with Gasteiger partial charge in [-0.05, 0) is 42.3 Å². The summed E-state index contributed by atoms with van der Waals surface area (Å²) >= 11 is 1.15. The smallest absolute Gasteiger partial charge is 0.262 e. The third-order valence-corrected chi connectivity index (χ3v) is 7.10. The second-order valence-corrected chi connectivity index (χ2v) is 9.90. The maximum Gasteiger partial charge on any atom is 0.262 e. The van der Waals surface area contributed by atoms with Gasteiger partial charge in [0.05, 0.1) is 23.4 Å². The van der Waals surface area contributed by atoms with Crippen molar-refractivity contribution in [2.24, 2.45) is 0 Å². The van der Waals surface area contributed by atoms with Crippen molar-refractivity contribution in [2.75, 3.05) is 24.1 Å². The molecule has 8 nitrogen and oxygen atoms in total. The third kappa shape index (κ3) is 5.89. The van der Waals surface area contributed by atoms with Gasteiger partial charge in [-0.25, -0.2) is 13.4 Å². The molecule has 0 saturated carbocycles. The Morgan fingerprint density at radius 3 is 2.62 bits per heavy atom. The number of carbonyl (C=O) groups is 1. The molecule has 0 aliphatic rings. The molecular formula is C24H23N3O5S2. The predicted molar refractivity (Wildman–Crippen MR) is 132 cm³/mol. The number of rotatable bonds is 10. The number of para-hydroxylation sites is 2. The fraction of sp³-hybridized carbons (Fsp3) is 0.167. The van der Waals surface area contributed by atoms with Crippen LogP contribution in [0.2, 0.25) is 0 Å². The number of hydrogen-bond acceptors (Lipinski definition) is 7. The van der Waals surface area contributed by atoms with Crippen LogP contribution < -0.4 is 14.8 Å². The number of carbonyl (C=O) groups excluding carboxylic acids is 1. The lowest BCUT2D eigenvalue weighted by Crippen LogP contribution is -2.27. The molecule has 1 amide bonds. The van der Waals surface area contributed by atoms with Gasteiger partial charge in [0.2, 0.25) is 5.91 Å². The summed E-state index contributed by atoms with van der Waals surface area (Å²) in [5.74, 6) is 0.420. The first-order valence-corrected chi connectivity index (χ1v) is 12.9. The zero-order chi connectivity index (χ0) is 24.0. The minimum Gasteiger partial charge on any atom is -0.495 e. The summed E-state index contributed by atoms with van der Waals surface area (Å²) in [5.41, 5.74) is 2.30. The Morgan fingerprint density at radius 2 is 1.82 bits per heavy atom. The molecule has 0 fully saturated rings. The molecule has 176 valence electrons. The van der Waals surface area contributed by atoms with Gasteiger partial charge in [-0.1, -0.05) is 54.2 Å². The highest BCUT2D eigenvalue weighted by atomic mass is 32.2. The van der Waals surface area contributed by atoms with Crippen molar-refractivity contribution < 1.29 is 22.4 Å². The maximum absolute atomic E-state index is 12.9. The molecule has 3 aromatic carbocycles. The van der Waals surface area contributed by atoms with Crippen molar-refractivity contribution in [3.05, 3.63) is 78.4 Å². The van der Waals surface area contributed by atoms with Gasteiger partial charge in [-0.15, -0.1) is 0 Å². The molecule has 0 radical (unpaired) electrons. The van der Waals surface area contributed by atoms with Crippen LogP contribution in [0, 0.1) is 0 Å². The van der Waals surface area contributed by atoms with Crippen LogP contribution in [0.25, 0.3) is 11.1 Å². The Kier molecular flexibility index (Phi) is 7.39. The van der Waals surface area contributed by atoms with Gasteiger partial charge < -0.3 is 14.5 Å². The molecule has 0 spiro atoms. The van der Waals surface area contributed by atoms with E-state index >= 15 is 0 Å². The number of hydrogen-bond donors (Lipinski definition) is 2. The summed E-state index contributed by atoms with van der Waals surface area (Å²) in [6.07, 6.45) is 0.750. The number of aromatic nitrogens is 1. The van der Waals surface area contributed by atoms with Crippen molar-refractivity contribution in [1.82, 2.24) is 10.3 Å². The zero-order valence-electron chi connectivity index (χ0n) is 18.4. The number of methoxy groups -OCH3 is 1. The molecule has 0 bridgehead atoms. The van der Waals surface area contributed by atoms with E-state index in [1.165, 1.54) is 19.2 Å². The predicted octanol–water partition coefficient (Wildman–Crippen LogP) is 4.09. The molecule has 0 aliphatic heterocycles. The van der Waals surface area contributed by atoms with Crippen LogP contribution in [0.5, 0.6) is 5.75 Å². The Balaban J connectivity index is 1.37. The summed E-state index contributed by atoms with van der Waals surface area (Å²) in [6, 6.07) is 21.1. The van der Waals surface area contributed by atoms with Crippen LogP contribution in [0.1, 0.15) is 5.56 Å². The third-order valence-electron chi connectivity index (χ3n) is 4.91. The highest BCUT2D eigenvalue weighted by Crippen LogP contribution is 2.29. The summed E-state index contributed by atoms with van der Waals surface area (Å²) < 4.78 is 39.1. The Labute approximate surface area is 201 Å². The zero-order valence-corrected chi connectivity index (χ0v) is 20.0. The lowest BCUT2D eigenvalue weighted by Gasteiger charge is -2.11. The molecule has 2 N–H and O–H groups in total. The molecule has 1 aromatic heterocycles. The van der Waals surface area contributed by atoms with Gasteiger partial charge in [0.15, 0.2) is 5.58 Å². The van der Waals surface area contributed by atoms with Crippen LogP contribution in [-0.2, 0) is 21.2 Å². The van der Waals surface area contributed by atoms with E-state index in [2.05, 4.69) is 15.0 Å². The first-order chi connectivity index (χ1) is 16.4. The van der Waals surface area contributed by atoms with Gasteiger partial charge in [0, 0.05) is 6.54 Å². The van der Waals surface area contributed by atoms with Gasteiger partial charge in [-0.3, -0.25) is 9.52 Å². The molecule has 0 aliphatic carbocycles. The van der Waals surface area contributed by atoms with Crippen LogP contribution in [0.15, 0.2) is 87.3 Å². The van der Waals surface area contributed by atoms with Gasteiger partial charge in [0.1, 0.15) is 11.3 Å². The number of nitrogens with one attached hydrogen (secondary N) is 2. The topological polar surface area (TPSA) is 111 Å². The normalized spacial score (nSPS) is 11.3. The van der Waals surface area contributed by atoms with Crippen molar-refractivity contribution >= 4 is 44.5 Å². The number of fused-ring (bicyclic) bond motifs is 1. The van der Waals surface area contributed by atoms with E-state index in [9.17, 15) is 13.2 Å². The van der Waals surface area contributed by atoms with E-state index in [0.717, 1.165) is 23.7 Å². The number of anilines is 1. The molecule has 10 heteroatoms. The van der Waals surface area contributed by atoms with Gasteiger partial charge in [0.25, 0.3) is 15.2 Å². The van der Waals surface area contributed by atoms with E-state index in [4.69, 9.17) is 9.15 Å². The van der Waals surface area contributed by atoms with Gasteiger partial charge in [-0.2, -0.15) is 0 Å². The largest absolute Gasteiger partial charge is 0.495 e. The first-order valence-electron chi connectivity index (χ1n) is 10.4. The van der Waals surface area contributed by atoms with E-state index < -0.39 is 10.0 Å². The SMILES string of the molecule is COc1ccccc1NS(=O)(=O)c1ccc2oc(SCC(=O)NCCc3ccccc3)nc2c1. The molecule has 4 aromatic rings. The highest BCUT2D eigenvalue weighted by Gasteiger charge is 2.19. The molecule has 34 heavy (non-hydrogen) atoms. The second kappa shape index (κ2) is 10.6. The number of sulfonamides is 1. The summed E-state index contributed by atoms with van der Waals surface area (Å²) in [6.45, 7) is 0.539. The molecule has 0 saturated heterocycles. The Hall–Kier alpha value is -3.50. The van der Waals surface area contributed by atoms with Crippen LogP contribution in [-0.4, -0.2) is 38.7 Å². The molecule has 1 heterocycles. The summed E-state index contributed by atoms with van der Waals surface area (Å²) in [5, 5.41) is 3.16. The highest BCUT2D eigenvalue weighted by molar-refractivity contribution is 7.99.